The Morgan fingerprint density at radius 1 is 1.13 bits per heavy atom. The van der Waals surface area contributed by atoms with Crippen LogP contribution in [0.1, 0.15) is 45.2 Å². The zero-order valence-corrected chi connectivity index (χ0v) is 19.0. The molecule has 6 nitrogen and oxygen atoms in total. The summed E-state index contributed by atoms with van der Waals surface area (Å²) in [5.74, 6) is -0.762. The highest BCUT2D eigenvalue weighted by molar-refractivity contribution is 9.10. The van der Waals surface area contributed by atoms with Gasteiger partial charge in [0.15, 0.2) is 0 Å². The van der Waals surface area contributed by atoms with Crippen molar-refractivity contribution < 1.29 is 18.8 Å². The van der Waals surface area contributed by atoms with Crippen LogP contribution in [0.2, 0.25) is 0 Å². The van der Waals surface area contributed by atoms with Gasteiger partial charge in [0.1, 0.15) is 11.5 Å². The van der Waals surface area contributed by atoms with E-state index in [-0.39, 0.29) is 17.2 Å². The van der Waals surface area contributed by atoms with Crippen molar-refractivity contribution in [3.05, 3.63) is 63.9 Å². The molecule has 2 rings (SSSR count). The molecule has 0 atom stereocenters. The molecule has 0 unspecified atom stereocenters. The Kier molecular flexibility index (Phi) is 8.11. The topological polar surface area (TPSA) is 79.8 Å². The maximum Gasteiger partial charge on any atom is 0.433 e. The summed E-state index contributed by atoms with van der Waals surface area (Å²) in [6.45, 7) is 7.68. The highest BCUT2D eigenvalue weighted by Crippen LogP contribution is 2.27. The molecule has 0 aromatic heterocycles. The molecule has 0 bridgehead atoms. The van der Waals surface area contributed by atoms with E-state index < -0.39 is 17.3 Å². The van der Waals surface area contributed by atoms with Gasteiger partial charge in [-0.25, -0.2) is 9.18 Å². The minimum absolute atomic E-state index is 0.0743. The molecule has 2 amide bonds. The first kappa shape index (κ1) is 23.5. The van der Waals surface area contributed by atoms with Crippen molar-refractivity contribution in [2.75, 3.05) is 11.9 Å². The van der Waals surface area contributed by atoms with E-state index in [2.05, 4.69) is 31.7 Å². The molecule has 0 saturated carbocycles. The van der Waals surface area contributed by atoms with Crippen LogP contribution >= 0.6 is 15.9 Å². The Morgan fingerprint density at radius 2 is 1.83 bits per heavy atom. The first-order valence-corrected chi connectivity index (χ1v) is 10.3. The molecule has 0 aliphatic rings. The molecule has 0 radical (unpaired) electrons. The van der Waals surface area contributed by atoms with Gasteiger partial charge >= 0.3 is 6.09 Å². The zero-order chi connectivity index (χ0) is 22.3. The Bertz CT molecular complexity index is 955. The monoisotopic (exact) mass is 477 g/mol. The van der Waals surface area contributed by atoms with Gasteiger partial charge in [-0.3, -0.25) is 9.63 Å². The third-order valence-electron chi connectivity index (χ3n) is 4.03. The van der Waals surface area contributed by atoms with Crippen LogP contribution in [0.3, 0.4) is 0 Å². The van der Waals surface area contributed by atoms with Crippen molar-refractivity contribution in [2.45, 2.75) is 34.1 Å². The number of carbonyl (C=O) groups is 2. The van der Waals surface area contributed by atoms with Crippen LogP contribution in [0, 0.1) is 11.2 Å². The van der Waals surface area contributed by atoms with Gasteiger partial charge in [0.05, 0.1) is 5.69 Å². The number of hydrogen-bond donors (Lipinski definition) is 2. The predicted molar refractivity (Wildman–Crippen MR) is 119 cm³/mol. The highest BCUT2D eigenvalue weighted by Gasteiger charge is 2.24. The van der Waals surface area contributed by atoms with Gasteiger partial charge < -0.3 is 10.6 Å². The molecule has 2 aromatic carbocycles. The number of halogens is 2. The van der Waals surface area contributed by atoms with Crippen LogP contribution in [0.4, 0.5) is 14.9 Å². The average Bonchev–Trinajstić information content (AvgIpc) is 2.68. The van der Waals surface area contributed by atoms with E-state index in [0.29, 0.717) is 22.3 Å². The molecule has 2 aromatic rings. The van der Waals surface area contributed by atoms with Crippen LogP contribution in [0.25, 0.3) is 0 Å². The Labute approximate surface area is 184 Å². The van der Waals surface area contributed by atoms with E-state index >= 15 is 0 Å². The highest BCUT2D eigenvalue weighted by atomic mass is 79.9. The molecule has 0 saturated heterocycles. The molecule has 0 heterocycles. The number of hydrogen-bond acceptors (Lipinski definition) is 4. The molecular formula is C22H25BrFN3O3. The van der Waals surface area contributed by atoms with Gasteiger partial charge in [0.2, 0.25) is 5.91 Å². The van der Waals surface area contributed by atoms with Crippen LogP contribution in [0.15, 0.2) is 52.1 Å². The molecule has 30 heavy (non-hydrogen) atoms. The van der Waals surface area contributed by atoms with Crippen molar-refractivity contribution in [2.24, 2.45) is 10.6 Å². The first-order valence-electron chi connectivity index (χ1n) is 9.52. The first-order chi connectivity index (χ1) is 14.1. The second kappa shape index (κ2) is 10.3. The van der Waals surface area contributed by atoms with Crippen molar-refractivity contribution in [1.29, 1.82) is 0 Å². The number of rotatable bonds is 6. The van der Waals surface area contributed by atoms with Crippen LogP contribution in [-0.4, -0.2) is 24.3 Å². The number of benzene rings is 2. The smallest absolute Gasteiger partial charge is 0.325 e. The normalized spacial score (nSPS) is 11.7. The molecule has 0 fully saturated rings. The van der Waals surface area contributed by atoms with Crippen molar-refractivity contribution >= 4 is 39.3 Å². The second-order valence-electron chi connectivity index (χ2n) is 7.62. The van der Waals surface area contributed by atoms with Gasteiger partial charge in [-0.05, 0) is 36.8 Å². The fraction of sp³-hybridized carbons (Fsp3) is 0.318. The molecule has 0 aliphatic carbocycles. The zero-order valence-electron chi connectivity index (χ0n) is 17.4. The summed E-state index contributed by atoms with van der Waals surface area (Å²) in [6.07, 6.45) is -0.0193. The summed E-state index contributed by atoms with van der Waals surface area (Å²) in [7, 11) is 0. The van der Waals surface area contributed by atoms with E-state index in [1.165, 1.54) is 12.1 Å². The minimum atomic E-state index is -0.749. The lowest BCUT2D eigenvalue weighted by Gasteiger charge is -2.20. The number of oxime groups is 1. The average molecular weight is 478 g/mol. The predicted octanol–water partition coefficient (Wildman–Crippen LogP) is 5.46. The summed E-state index contributed by atoms with van der Waals surface area (Å²) < 4.78 is 15.3. The number of amides is 2. The molecule has 8 heteroatoms. The fourth-order valence-corrected chi connectivity index (χ4v) is 2.74. The van der Waals surface area contributed by atoms with Gasteiger partial charge in [-0.1, -0.05) is 60.9 Å². The summed E-state index contributed by atoms with van der Waals surface area (Å²) >= 11 is 3.39. The lowest BCUT2D eigenvalue weighted by molar-refractivity contribution is -0.123. The standard InChI is InChI=1S/C22H25BrFN3O3/c1-5-12-25-21(29)30-27-19(15-8-6-7-9-17(15)24)16-13-14(23)10-11-18(16)26-20(28)22(2,3)4/h6-11,13H,5,12H2,1-4H3,(H,25,29)(H,26,28)/b27-19+. The van der Waals surface area contributed by atoms with E-state index in [4.69, 9.17) is 4.84 Å². The van der Waals surface area contributed by atoms with Crippen LogP contribution in [0.5, 0.6) is 0 Å². The minimum Gasteiger partial charge on any atom is -0.325 e. The van der Waals surface area contributed by atoms with Gasteiger partial charge in [0.25, 0.3) is 0 Å². The molecule has 160 valence electrons. The Morgan fingerprint density at radius 3 is 2.47 bits per heavy atom. The summed E-state index contributed by atoms with van der Waals surface area (Å²) in [4.78, 5) is 29.4. The van der Waals surface area contributed by atoms with Crippen LogP contribution < -0.4 is 10.6 Å². The fourth-order valence-electron chi connectivity index (χ4n) is 2.37. The van der Waals surface area contributed by atoms with E-state index in [1.54, 1.807) is 51.1 Å². The van der Waals surface area contributed by atoms with Gasteiger partial charge in [0, 0.05) is 27.6 Å². The van der Waals surface area contributed by atoms with Crippen molar-refractivity contribution in [1.82, 2.24) is 5.32 Å². The van der Waals surface area contributed by atoms with Gasteiger partial charge in [-0.15, -0.1) is 0 Å². The molecule has 0 spiro atoms. The van der Waals surface area contributed by atoms with Crippen LogP contribution in [-0.2, 0) is 9.63 Å². The largest absolute Gasteiger partial charge is 0.433 e. The van der Waals surface area contributed by atoms with Crippen molar-refractivity contribution in [3.63, 3.8) is 0 Å². The number of carbonyl (C=O) groups excluding carboxylic acids is 2. The maximum absolute atomic E-state index is 14.6. The van der Waals surface area contributed by atoms with Gasteiger partial charge in [-0.2, -0.15) is 0 Å². The number of nitrogens with one attached hydrogen (secondary N) is 2. The summed E-state index contributed by atoms with van der Waals surface area (Å²) in [5.41, 5.74) is 0.374. The van der Waals surface area contributed by atoms with E-state index in [1.807, 2.05) is 6.92 Å². The van der Waals surface area contributed by atoms with Crippen molar-refractivity contribution in [3.8, 4) is 0 Å². The lowest BCUT2D eigenvalue weighted by Crippen LogP contribution is -2.28. The molecule has 0 aliphatic heterocycles. The number of anilines is 1. The maximum atomic E-state index is 14.6. The third kappa shape index (κ3) is 6.38. The Balaban J connectivity index is 2.55. The molecular weight excluding hydrogens is 453 g/mol. The molecule has 2 N–H and O–H groups in total. The quantitative estimate of drug-likeness (QED) is 0.329. The lowest BCUT2D eigenvalue weighted by atomic mass is 9.94. The third-order valence-corrected chi connectivity index (χ3v) is 4.53. The summed E-state index contributed by atoms with van der Waals surface area (Å²) in [5, 5.41) is 9.33. The second-order valence-corrected chi connectivity index (χ2v) is 8.53. The number of nitrogens with zero attached hydrogens (tertiary/aromatic N) is 1. The SMILES string of the molecule is CCCNC(=O)O/N=C(\c1ccccc1F)c1cc(Br)ccc1NC(=O)C(C)(C)C. The summed E-state index contributed by atoms with van der Waals surface area (Å²) in [6, 6.07) is 11.1. The Hall–Kier alpha value is -2.74. The van der Waals surface area contributed by atoms with E-state index in [9.17, 15) is 14.0 Å². The van der Waals surface area contributed by atoms with E-state index in [0.717, 1.165) is 6.42 Å².